The van der Waals surface area contributed by atoms with Crippen molar-refractivity contribution in [2.75, 3.05) is 11.5 Å². The number of rotatable bonds is 12. The van der Waals surface area contributed by atoms with Gasteiger partial charge in [-0.25, -0.2) is 0 Å². The summed E-state index contributed by atoms with van der Waals surface area (Å²) in [6.45, 7) is 3.31. The van der Waals surface area contributed by atoms with E-state index in [1.807, 2.05) is 0 Å². The Morgan fingerprint density at radius 2 is 1.53 bits per heavy atom. The molecule has 1 fully saturated rings. The Balaban J connectivity index is 1.90. The zero-order valence-corrected chi connectivity index (χ0v) is 24.8. The van der Waals surface area contributed by atoms with E-state index in [1.165, 1.54) is 0 Å². The number of carbonyl (C=O) groups is 4. The minimum absolute atomic E-state index is 0.164. The van der Waals surface area contributed by atoms with Gasteiger partial charge in [0.1, 0.15) is 11.9 Å². The number of amides is 1. The van der Waals surface area contributed by atoms with Gasteiger partial charge >= 0.3 is 25.5 Å². The fraction of sp³-hybridized carbons (Fsp3) is 0.448. The molecule has 2 aromatic carbocycles. The molecule has 0 unspecified atom stereocenters. The predicted molar refractivity (Wildman–Crippen MR) is 153 cm³/mol. The maximum atomic E-state index is 12.2. The summed E-state index contributed by atoms with van der Waals surface area (Å²) in [4.78, 5) is 67.0. The van der Waals surface area contributed by atoms with E-state index in [1.54, 1.807) is 36.4 Å². The molecule has 14 heteroatoms. The van der Waals surface area contributed by atoms with Gasteiger partial charge in [0.25, 0.3) is 0 Å². The van der Waals surface area contributed by atoms with Crippen molar-refractivity contribution in [3.05, 3.63) is 36.4 Å². The number of hydrogen-bond donors (Lipinski definition) is 3. The third-order valence-corrected chi connectivity index (χ3v) is 7.12. The zero-order valence-electron chi connectivity index (χ0n) is 23.9. The maximum Gasteiger partial charge on any atom is 0.325 e. The number of fused-ring (bicyclic) bond motifs is 1. The first kappa shape index (κ1) is 33.6. The highest BCUT2D eigenvalue weighted by Gasteiger charge is 2.53. The van der Waals surface area contributed by atoms with Gasteiger partial charge in [0.05, 0.1) is 6.16 Å². The van der Waals surface area contributed by atoms with Crippen LogP contribution >= 0.6 is 7.60 Å². The van der Waals surface area contributed by atoms with Crippen LogP contribution in [0.3, 0.4) is 0 Å². The van der Waals surface area contributed by atoms with Crippen molar-refractivity contribution in [2.45, 2.75) is 77.2 Å². The van der Waals surface area contributed by atoms with Crippen LogP contribution in [0.1, 0.15) is 46.5 Å². The zero-order chi connectivity index (χ0) is 31.7. The molecule has 0 saturated carbocycles. The lowest BCUT2D eigenvalue weighted by Gasteiger charge is -2.44. The summed E-state index contributed by atoms with van der Waals surface area (Å²) in [7, 11) is -4.50. The number of ether oxygens (including phenoxy) is 5. The predicted octanol–water partition coefficient (Wildman–Crippen LogP) is 3.05. The lowest BCUT2D eigenvalue weighted by atomic mass is 9.96. The summed E-state index contributed by atoms with van der Waals surface area (Å²) in [5.74, 6) is 0.226. The Labute approximate surface area is 248 Å². The Morgan fingerprint density at radius 1 is 0.930 bits per heavy atom. The van der Waals surface area contributed by atoms with Gasteiger partial charge in [-0.15, -0.1) is 12.3 Å². The van der Waals surface area contributed by atoms with Crippen molar-refractivity contribution in [1.29, 1.82) is 0 Å². The summed E-state index contributed by atoms with van der Waals surface area (Å²) in [5, 5.41) is 4.31. The fourth-order valence-corrected chi connectivity index (χ4v) is 5.15. The molecule has 3 rings (SSSR count). The lowest BCUT2D eigenvalue weighted by Crippen LogP contribution is -2.62. The molecule has 1 aliphatic heterocycles. The van der Waals surface area contributed by atoms with E-state index in [0.29, 0.717) is 24.9 Å². The van der Waals surface area contributed by atoms with E-state index in [2.05, 4.69) is 11.2 Å². The van der Waals surface area contributed by atoms with Crippen molar-refractivity contribution in [3.63, 3.8) is 0 Å². The molecule has 1 saturated heterocycles. The number of esters is 3. The van der Waals surface area contributed by atoms with Crippen LogP contribution in [0.4, 0.5) is 5.69 Å². The van der Waals surface area contributed by atoms with Crippen LogP contribution < -0.4 is 10.1 Å². The van der Waals surface area contributed by atoms with Crippen LogP contribution in [0.5, 0.6) is 5.75 Å². The largest absolute Gasteiger partial charge is 0.461 e. The molecule has 5 atom stereocenters. The van der Waals surface area contributed by atoms with E-state index >= 15 is 0 Å². The molecule has 1 aliphatic rings. The van der Waals surface area contributed by atoms with Crippen molar-refractivity contribution >= 4 is 47.9 Å². The Morgan fingerprint density at radius 3 is 2.16 bits per heavy atom. The Bertz CT molecular complexity index is 1430. The minimum atomic E-state index is -4.50. The summed E-state index contributed by atoms with van der Waals surface area (Å²) in [6, 6.07) is 10.2. The van der Waals surface area contributed by atoms with Gasteiger partial charge in [0.15, 0.2) is 12.2 Å². The second-order valence-electron chi connectivity index (χ2n) is 9.89. The molecule has 0 bridgehead atoms. The van der Waals surface area contributed by atoms with E-state index in [9.17, 15) is 33.5 Å². The number of carbonyl (C=O) groups excluding carboxylic acids is 4. The van der Waals surface area contributed by atoms with Crippen LogP contribution in [-0.4, -0.2) is 70.5 Å². The molecule has 43 heavy (non-hydrogen) atoms. The number of nitrogens with one attached hydrogen (secondary N) is 1. The third kappa shape index (κ3) is 10.4. The molecular weight excluding hydrogens is 585 g/mol. The topological polar surface area (TPSA) is 184 Å². The Hall–Kier alpha value is -3.95. The first-order chi connectivity index (χ1) is 20.3. The fourth-order valence-electron chi connectivity index (χ4n) is 4.56. The van der Waals surface area contributed by atoms with Gasteiger partial charge in [0, 0.05) is 39.3 Å². The second-order valence-corrected chi connectivity index (χ2v) is 11.7. The molecular formula is C29H34NO12P. The molecule has 0 aliphatic carbocycles. The van der Waals surface area contributed by atoms with Gasteiger partial charge < -0.3 is 38.8 Å². The first-order valence-corrected chi connectivity index (χ1v) is 15.2. The van der Waals surface area contributed by atoms with Gasteiger partial charge in [-0.05, 0) is 47.9 Å². The number of benzene rings is 2. The van der Waals surface area contributed by atoms with Crippen LogP contribution in [0.15, 0.2) is 36.4 Å². The van der Waals surface area contributed by atoms with E-state index in [-0.39, 0.29) is 18.1 Å². The van der Waals surface area contributed by atoms with Gasteiger partial charge in [-0.1, -0.05) is 12.1 Å². The maximum absolute atomic E-state index is 12.2. The molecule has 0 spiro atoms. The van der Waals surface area contributed by atoms with Crippen LogP contribution in [0.2, 0.25) is 0 Å². The number of anilines is 1. The van der Waals surface area contributed by atoms with Crippen molar-refractivity contribution in [2.24, 2.45) is 0 Å². The molecule has 13 nitrogen and oxygen atoms in total. The molecule has 1 heterocycles. The number of hydrogen-bond acceptors (Lipinski definition) is 10. The molecule has 2 aromatic rings. The van der Waals surface area contributed by atoms with Gasteiger partial charge in [-0.2, -0.15) is 0 Å². The highest BCUT2D eigenvalue weighted by molar-refractivity contribution is 7.51. The summed E-state index contributed by atoms with van der Waals surface area (Å²) < 4.78 is 39.8. The third-order valence-electron chi connectivity index (χ3n) is 6.27. The van der Waals surface area contributed by atoms with E-state index in [0.717, 1.165) is 31.5 Å². The van der Waals surface area contributed by atoms with Gasteiger partial charge in [0.2, 0.25) is 18.3 Å². The molecule has 1 amide bonds. The average Bonchev–Trinajstić information content (AvgIpc) is 2.90. The quantitative estimate of drug-likeness (QED) is 0.104. The van der Waals surface area contributed by atoms with Crippen LogP contribution in [-0.2, 0) is 42.7 Å². The van der Waals surface area contributed by atoms with Crippen molar-refractivity contribution in [3.8, 4) is 18.1 Å². The summed E-state index contributed by atoms with van der Waals surface area (Å²) in [6.07, 6.45) is -1.17. The molecule has 232 valence electrons. The van der Waals surface area contributed by atoms with Gasteiger partial charge in [-0.3, -0.25) is 23.7 Å². The van der Waals surface area contributed by atoms with Crippen LogP contribution in [0, 0.1) is 12.3 Å². The normalized spacial score (nSPS) is 21.7. The lowest BCUT2D eigenvalue weighted by molar-refractivity contribution is -0.283. The van der Waals surface area contributed by atoms with Crippen molar-refractivity contribution in [1.82, 2.24) is 0 Å². The monoisotopic (exact) mass is 619 g/mol. The van der Waals surface area contributed by atoms with E-state index in [4.69, 9.17) is 30.1 Å². The second kappa shape index (κ2) is 15.0. The summed E-state index contributed by atoms with van der Waals surface area (Å²) >= 11 is 0. The number of unbranched alkanes of at least 4 members (excludes halogenated alkanes) is 1. The smallest absolute Gasteiger partial charge is 0.325 e. The average molecular weight is 620 g/mol. The van der Waals surface area contributed by atoms with Crippen LogP contribution in [0.25, 0.3) is 10.8 Å². The highest BCUT2D eigenvalue weighted by atomic mass is 31.2. The number of terminal acetylenes is 1. The minimum Gasteiger partial charge on any atom is -0.461 e. The Kier molecular flexibility index (Phi) is 11.7. The molecule has 3 N–H and O–H groups in total. The van der Waals surface area contributed by atoms with Crippen molar-refractivity contribution < 1.29 is 57.2 Å². The highest BCUT2D eigenvalue weighted by Crippen LogP contribution is 2.39. The molecule has 0 aromatic heterocycles. The standard InChI is InChI=1S/C29H34NO12P/c1-5-6-7-8-25(34)30-22-11-9-21-16-23(12-10-20(21)15-22)41-29-28(40-19(4)33)27(39-18(3)32)26(38-17(2)31)24(42-29)13-14-43(35,36)37/h1,9-12,15-16,24,26-29H,6-8,13-14H2,2-4H3,(H,30,34)(H2,35,36,37)/t24-,26-,27+,28+,29+/m1/s1. The van der Waals surface area contributed by atoms with E-state index < -0.39 is 62.4 Å². The first-order valence-electron chi connectivity index (χ1n) is 13.4. The molecule has 0 radical (unpaired) electrons. The summed E-state index contributed by atoms with van der Waals surface area (Å²) in [5.41, 5.74) is 0.589. The SMILES string of the molecule is C#CCCCC(=O)Nc1ccc2cc(O[C@H]3O[C@H](CCP(=O)(O)O)[C@@H](OC(C)=O)[C@H](OC(C)=O)[C@@H]3OC(C)=O)ccc2c1.